The van der Waals surface area contributed by atoms with Gasteiger partial charge in [-0.15, -0.1) is 0 Å². The molecule has 6 rings (SSSR count). The molecule has 289 valence electrons. The molecule has 0 spiro atoms. The summed E-state index contributed by atoms with van der Waals surface area (Å²) in [6, 6.07) is 22.7. The Morgan fingerprint density at radius 1 is 0.564 bits per heavy atom. The Hall–Kier alpha value is -5.75. The third kappa shape index (κ3) is 9.50. The van der Waals surface area contributed by atoms with E-state index in [0.717, 1.165) is 35.0 Å². The van der Waals surface area contributed by atoms with Gasteiger partial charge in [0.05, 0.1) is 43.7 Å². The van der Waals surface area contributed by atoms with Gasteiger partial charge >= 0.3 is 0 Å². The number of rotatable bonds is 8. The fraction of sp³-hybridized carbons (Fsp3) is 0.158. The maximum absolute atomic E-state index is 11.7. The van der Waals surface area contributed by atoms with E-state index in [4.69, 9.17) is 0 Å². The summed E-state index contributed by atoms with van der Waals surface area (Å²) in [5.41, 5.74) is 5.36. The van der Waals surface area contributed by atoms with Crippen LogP contribution in [0, 0.1) is 27.7 Å². The van der Waals surface area contributed by atoms with Crippen molar-refractivity contribution in [2.75, 3.05) is 12.5 Å². The Morgan fingerprint density at radius 3 is 1.24 bits per heavy atom. The van der Waals surface area contributed by atoms with Crippen LogP contribution in [0.5, 0.6) is 23.3 Å². The average molecular weight is 830 g/mol. The monoisotopic (exact) mass is 829 g/mol. The van der Waals surface area contributed by atoms with E-state index in [1.165, 1.54) is 58.2 Å². The molecule has 2 aromatic heterocycles. The minimum absolute atomic E-state index is 0. The van der Waals surface area contributed by atoms with E-state index in [-0.39, 0.29) is 61.2 Å². The van der Waals surface area contributed by atoms with Gasteiger partial charge in [-0.25, -0.2) is 26.2 Å². The van der Waals surface area contributed by atoms with E-state index in [1.54, 1.807) is 13.8 Å². The van der Waals surface area contributed by atoms with Gasteiger partial charge in [0.1, 0.15) is 22.9 Å². The van der Waals surface area contributed by atoms with E-state index in [2.05, 4.69) is 20.2 Å². The molecular formula is C38H38CoN6O8S2. The minimum atomic E-state index is -3.43. The Bertz CT molecular complexity index is 2490. The Kier molecular flexibility index (Phi) is 12.8. The normalized spacial score (nSPS) is 11.7. The van der Waals surface area contributed by atoms with Crippen LogP contribution in [0.15, 0.2) is 105 Å². The van der Waals surface area contributed by atoms with Gasteiger partial charge in [-0.2, -0.15) is 10.2 Å². The van der Waals surface area contributed by atoms with Crippen molar-refractivity contribution in [3.05, 3.63) is 119 Å². The van der Waals surface area contributed by atoms with Crippen LogP contribution >= 0.6 is 0 Å². The molecular weight excluding hydrogens is 792 g/mol. The topological polar surface area (TPSA) is 210 Å². The van der Waals surface area contributed by atoms with Crippen molar-refractivity contribution in [3.8, 4) is 34.6 Å². The number of hydrogen-bond donors (Lipinski definition) is 4. The molecule has 0 amide bonds. The van der Waals surface area contributed by atoms with Crippen LogP contribution in [-0.2, 0) is 36.5 Å². The van der Waals surface area contributed by atoms with Crippen LogP contribution < -0.4 is 0 Å². The standard InChI is InChI=1S/2C19H19N3O4S.Co/c2*1-12-6-4-5-7-17(12)22-19(24)15(13(2)21-22)11-20-16-10-14(27(3,25)26)8-9-18(16)23;/h2*4-11,23-24H,1-3H3;. The summed E-state index contributed by atoms with van der Waals surface area (Å²) in [6.45, 7) is 7.27. The number of aromatic hydroxyl groups is 4. The number of benzene rings is 4. The van der Waals surface area contributed by atoms with Crippen LogP contribution in [0.4, 0.5) is 11.4 Å². The number of aliphatic imine (C=N–C) groups is 2. The Balaban J connectivity index is 0.000000240. The SMILES string of the molecule is Cc1ccccc1-n1nc(C)c(C=Nc2cc(S(C)(=O)=O)ccc2O)c1O.Cc1ccccc1-n1nc(C)c(C=Nc2cc(S(C)(=O)=O)ccc2O)c1O.[Co]. The summed E-state index contributed by atoms with van der Waals surface area (Å²) in [6.07, 6.45) is 4.87. The molecule has 17 heteroatoms. The summed E-state index contributed by atoms with van der Waals surface area (Å²) in [7, 11) is -6.86. The molecule has 55 heavy (non-hydrogen) atoms. The van der Waals surface area contributed by atoms with E-state index in [9.17, 15) is 37.3 Å². The predicted octanol–water partition coefficient (Wildman–Crippen LogP) is 6.11. The van der Waals surface area contributed by atoms with Gasteiger partial charge in [0.25, 0.3) is 0 Å². The molecule has 2 heterocycles. The summed E-state index contributed by atoms with van der Waals surface area (Å²) < 4.78 is 49.6. The van der Waals surface area contributed by atoms with E-state index >= 15 is 0 Å². The first-order valence-electron chi connectivity index (χ1n) is 16.2. The first-order chi connectivity index (χ1) is 25.4. The van der Waals surface area contributed by atoms with Crippen LogP contribution in [0.2, 0.25) is 0 Å². The third-order valence-corrected chi connectivity index (χ3v) is 10.5. The second-order valence-electron chi connectivity index (χ2n) is 12.4. The van der Waals surface area contributed by atoms with Gasteiger partial charge < -0.3 is 20.4 Å². The number of nitrogens with zero attached hydrogens (tertiary/aromatic N) is 6. The Labute approximate surface area is 328 Å². The molecule has 0 bridgehead atoms. The summed E-state index contributed by atoms with van der Waals surface area (Å²) in [5.74, 6) is -0.516. The van der Waals surface area contributed by atoms with Crippen LogP contribution in [0.1, 0.15) is 33.6 Å². The minimum Gasteiger partial charge on any atom is -0.506 e. The van der Waals surface area contributed by atoms with Crippen LogP contribution in [0.3, 0.4) is 0 Å². The average Bonchev–Trinajstić information content (AvgIpc) is 3.55. The first-order valence-corrected chi connectivity index (χ1v) is 20.0. The fourth-order valence-electron chi connectivity index (χ4n) is 5.24. The number of hydrogen-bond acceptors (Lipinski definition) is 12. The molecule has 0 fully saturated rings. The molecule has 1 radical (unpaired) electrons. The summed E-state index contributed by atoms with van der Waals surface area (Å²) in [4.78, 5) is 8.39. The second kappa shape index (κ2) is 16.7. The van der Waals surface area contributed by atoms with Crippen molar-refractivity contribution in [3.63, 3.8) is 0 Å². The predicted molar refractivity (Wildman–Crippen MR) is 206 cm³/mol. The van der Waals surface area contributed by atoms with Gasteiger partial charge in [-0.3, -0.25) is 9.98 Å². The van der Waals surface area contributed by atoms with Crippen molar-refractivity contribution in [2.24, 2.45) is 9.98 Å². The number of phenols is 2. The molecule has 0 saturated carbocycles. The number of aryl methyl sites for hydroxylation is 4. The molecule has 0 aliphatic carbocycles. The second-order valence-corrected chi connectivity index (χ2v) is 16.4. The third-order valence-electron chi connectivity index (χ3n) is 8.27. The van der Waals surface area contributed by atoms with E-state index < -0.39 is 19.7 Å². The quantitative estimate of drug-likeness (QED) is 0.129. The molecule has 0 atom stereocenters. The first kappa shape index (κ1) is 42.0. The smallest absolute Gasteiger partial charge is 0.223 e. The molecule has 4 N–H and O–H groups in total. The molecule has 0 aliphatic heterocycles. The van der Waals surface area contributed by atoms with Crippen LogP contribution in [-0.4, -0.2) is 81.8 Å². The van der Waals surface area contributed by atoms with Crippen molar-refractivity contribution >= 4 is 43.5 Å². The molecule has 0 saturated heterocycles. The molecule has 0 unspecified atom stereocenters. The van der Waals surface area contributed by atoms with Crippen molar-refractivity contribution in [2.45, 2.75) is 37.5 Å². The van der Waals surface area contributed by atoms with E-state index in [1.807, 2.05) is 62.4 Å². The zero-order valence-corrected chi connectivity index (χ0v) is 33.2. The van der Waals surface area contributed by atoms with Crippen molar-refractivity contribution < 1.29 is 54.0 Å². The van der Waals surface area contributed by atoms with Gasteiger partial charge in [-0.05, 0) is 87.4 Å². The number of para-hydroxylation sites is 2. The van der Waals surface area contributed by atoms with Crippen LogP contribution in [0.25, 0.3) is 11.4 Å². The van der Waals surface area contributed by atoms with Crippen molar-refractivity contribution in [1.82, 2.24) is 19.6 Å². The zero-order valence-electron chi connectivity index (χ0n) is 30.5. The largest absolute Gasteiger partial charge is 0.506 e. The molecule has 14 nitrogen and oxygen atoms in total. The Morgan fingerprint density at radius 2 is 0.909 bits per heavy atom. The van der Waals surface area contributed by atoms with E-state index in [0.29, 0.717) is 22.5 Å². The number of sulfone groups is 2. The van der Waals surface area contributed by atoms with Crippen molar-refractivity contribution in [1.29, 1.82) is 0 Å². The maximum atomic E-state index is 11.7. The van der Waals surface area contributed by atoms with Gasteiger partial charge in [0.15, 0.2) is 19.7 Å². The maximum Gasteiger partial charge on any atom is 0.223 e. The molecule has 0 aliphatic rings. The summed E-state index contributed by atoms with van der Waals surface area (Å²) >= 11 is 0. The molecule has 6 aromatic rings. The van der Waals surface area contributed by atoms with Gasteiger partial charge in [0, 0.05) is 41.7 Å². The van der Waals surface area contributed by atoms with Gasteiger partial charge in [0.2, 0.25) is 11.8 Å². The fourth-order valence-corrected chi connectivity index (χ4v) is 6.52. The zero-order chi connectivity index (χ0) is 39.5. The summed E-state index contributed by atoms with van der Waals surface area (Å²) in [5, 5.41) is 49.7. The van der Waals surface area contributed by atoms with Gasteiger partial charge in [-0.1, -0.05) is 36.4 Å². The number of phenolic OH excluding ortho intramolecular Hbond substituents is 2. The number of aromatic nitrogens is 4. The molecule has 4 aromatic carbocycles.